The van der Waals surface area contributed by atoms with Crippen LogP contribution in [-0.4, -0.2) is 25.0 Å². The molecule has 1 N–H and O–H groups in total. The summed E-state index contributed by atoms with van der Waals surface area (Å²) in [6.07, 6.45) is 0. The topological polar surface area (TPSA) is 58.6 Å². The molecular weight excluding hydrogens is 375 g/mol. The second kappa shape index (κ2) is 6.89. The van der Waals surface area contributed by atoms with Gasteiger partial charge < -0.3 is 10.1 Å². The predicted octanol–water partition coefficient (Wildman–Crippen LogP) is 4.01. The molecule has 2 aromatic carbocycles. The number of halogens is 3. The third-order valence-electron chi connectivity index (χ3n) is 3.37. The number of hydrogen-bond acceptors (Lipinski definition) is 3. The van der Waals surface area contributed by atoms with Crippen molar-refractivity contribution in [3.63, 3.8) is 0 Å². The van der Waals surface area contributed by atoms with E-state index in [1.54, 1.807) is 30.3 Å². The summed E-state index contributed by atoms with van der Waals surface area (Å²) >= 11 is 17.7. The zero-order valence-electron chi connectivity index (χ0n) is 12.2. The van der Waals surface area contributed by atoms with Gasteiger partial charge in [0.25, 0.3) is 5.91 Å². The molecule has 0 unspecified atom stereocenters. The maximum atomic E-state index is 12.3. The number of amides is 2. The molecule has 2 amide bonds. The quantitative estimate of drug-likeness (QED) is 0.868. The van der Waals surface area contributed by atoms with Gasteiger partial charge in [0, 0.05) is 10.7 Å². The van der Waals surface area contributed by atoms with Gasteiger partial charge in [0.2, 0.25) is 5.91 Å². The first kappa shape index (κ1) is 16.9. The molecule has 3 rings (SSSR count). The number of hydrogen-bond donors (Lipinski definition) is 1. The molecule has 0 aromatic heterocycles. The molecule has 1 heterocycles. The summed E-state index contributed by atoms with van der Waals surface area (Å²) in [4.78, 5) is 25.7. The van der Waals surface area contributed by atoms with E-state index in [4.69, 9.17) is 39.5 Å². The lowest BCUT2D eigenvalue weighted by Crippen LogP contribution is -2.43. The summed E-state index contributed by atoms with van der Waals surface area (Å²) in [5.41, 5.74) is 0.949. The molecule has 0 atom stereocenters. The lowest BCUT2D eigenvalue weighted by Gasteiger charge is -2.29. The Hall–Kier alpha value is -1.95. The SMILES string of the molecule is O=C(CN1C(=O)COc2ccc(Cl)cc21)Nc1ccc(Cl)c(Cl)c1. The van der Waals surface area contributed by atoms with E-state index in [0.717, 1.165) is 0 Å². The fourth-order valence-electron chi connectivity index (χ4n) is 2.27. The first-order valence-corrected chi connectivity index (χ1v) is 8.05. The molecule has 0 saturated carbocycles. The molecule has 1 aliphatic rings. The van der Waals surface area contributed by atoms with Crippen molar-refractivity contribution >= 4 is 58.0 Å². The Kier molecular flexibility index (Phi) is 4.85. The zero-order valence-corrected chi connectivity index (χ0v) is 14.5. The standard InChI is InChI=1S/C16H11Cl3N2O3/c17-9-1-4-14-13(5-9)21(16(23)8-24-14)7-15(22)20-10-2-3-11(18)12(19)6-10/h1-6H,7-8H2,(H,20,22). The van der Waals surface area contributed by atoms with Crippen LogP contribution in [0, 0.1) is 0 Å². The molecule has 8 heteroatoms. The van der Waals surface area contributed by atoms with Gasteiger partial charge in [-0.25, -0.2) is 0 Å². The second-order valence-electron chi connectivity index (χ2n) is 5.06. The highest BCUT2D eigenvalue weighted by Crippen LogP contribution is 2.34. The van der Waals surface area contributed by atoms with Gasteiger partial charge in [-0.3, -0.25) is 14.5 Å². The minimum atomic E-state index is -0.380. The average molecular weight is 386 g/mol. The molecule has 2 aromatic rings. The van der Waals surface area contributed by atoms with Crippen molar-refractivity contribution in [2.75, 3.05) is 23.4 Å². The number of rotatable bonds is 3. The molecule has 0 spiro atoms. The Labute approximate surface area is 153 Å². The Morgan fingerprint density at radius 3 is 2.67 bits per heavy atom. The van der Waals surface area contributed by atoms with Crippen molar-refractivity contribution in [2.24, 2.45) is 0 Å². The van der Waals surface area contributed by atoms with Gasteiger partial charge in [-0.2, -0.15) is 0 Å². The van der Waals surface area contributed by atoms with Crippen LogP contribution < -0.4 is 15.0 Å². The smallest absolute Gasteiger partial charge is 0.265 e. The number of nitrogens with zero attached hydrogens (tertiary/aromatic N) is 1. The summed E-state index contributed by atoms with van der Waals surface area (Å²) in [6, 6.07) is 9.64. The number of carbonyl (C=O) groups is 2. The Bertz CT molecular complexity index is 826. The summed E-state index contributed by atoms with van der Waals surface area (Å²) in [7, 11) is 0. The van der Waals surface area contributed by atoms with Gasteiger partial charge in [-0.1, -0.05) is 34.8 Å². The van der Waals surface area contributed by atoms with E-state index >= 15 is 0 Å². The van der Waals surface area contributed by atoms with Crippen LogP contribution in [0.3, 0.4) is 0 Å². The van der Waals surface area contributed by atoms with Crippen LogP contribution in [0.1, 0.15) is 0 Å². The molecule has 0 fully saturated rings. The van der Waals surface area contributed by atoms with Crippen LogP contribution in [-0.2, 0) is 9.59 Å². The van der Waals surface area contributed by atoms with E-state index in [1.807, 2.05) is 0 Å². The van der Waals surface area contributed by atoms with Crippen LogP contribution in [0.4, 0.5) is 11.4 Å². The normalized spacial score (nSPS) is 13.3. The fraction of sp³-hybridized carbons (Fsp3) is 0.125. The van der Waals surface area contributed by atoms with Crippen molar-refractivity contribution in [2.45, 2.75) is 0 Å². The number of ether oxygens (including phenoxy) is 1. The average Bonchev–Trinajstić information content (AvgIpc) is 2.54. The van der Waals surface area contributed by atoms with Gasteiger partial charge in [0.05, 0.1) is 15.7 Å². The molecule has 0 radical (unpaired) electrons. The first-order valence-electron chi connectivity index (χ1n) is 6.91. The van der Waals surface area contributed by atoms with Gasteiger partial charge in [-0.05, 0) is 36.4 Å². The molecule has 0 bridgehead atoms. The van der Waals surface area contributed by atoms with Gasteiger partial charge in [0.1, 0.15) is 12.3 Å². The maximum absolute atomic E-state index is 12.3. The van der Waals surface area contributed by atoms with E-state index in [0.29, 0.717) is 32.2 Å². The molecule has 24 heavy (non-hydrogen) atoms. The lowest BCUT2D eigenvalue weighted by atomic mass is 10.2. The van der Waals surface area contributed by atoms with Crippen molar-refractivity contribution in [1.82, 2.24) is 0 Å². The van der Waals surface area contributed by atoms with E-state index < -0.39 is 0 Å². The Morgan fingerprint density at radius 2 is 1.92 bits per heavy atom. The van der Waals surface area contributed by atoms with Crippen LogP contribution >= 0.6 is 34.8 Å². The highest BCUT2D eigenvalue weighted by Gasteiger charge is 2.27. The summed E-state index contributed by atoms with van der Waals surface area (Å²) in [5.74, 6) is -0.204. The summed E-state index contributed by atoms with van der Waals surface area (Å²) in [6.45, 7) is -0.301. The molecular formula is C16H11Cl3N2O3. The maximum Gasteiger partial charge on any atom is 0.265 e. The minimum Gasteiger partial charge on any atom is -0.482 e. The molecule has 0 saturated heterocycles. The molecule has 5 nitrogen and oxygen atoms in total. The van der Waals surface area contributed by atoms with Gasteiger partial charge in [0.15, 0.2) is 6.61 Å². The zero-order chi connectivity index (χ0) is 17.3. The monoisotopic (exact) mass is 384 g/mol. The predicted molar refractivity (Wildman–Crippen MR) is 94.4 cm³/mol. The molecule has 0 aliphatic carbocycles. The summed E-state index contributed by atoms with van der Waals surface area (Å²) in [5, 5.41) is 3.84. The molecule has 124 valence electrons. The third kappa shape index (κ3) is 3.59. The molecule has 1 aliphatic heterocycles. The number of carbonyl (C=O) groups excluding carboxylic acids is 2. The highest BCUT2D eigenvalue weighted by atomic mass is 35.5. The van der Waals surface area contributed by atoms with E-state index in [-0.39, 0.29) is 25.0 Å². The van der Waals surface area contributed by atoms with Crippen molar-refractivity contribution in [3.8, 4) is 5.75 Å². The van der Waals surface area contributed by atoms with Crippen LogP contribution in [0.25, 0.3) is 0 Å². The lowest BCUT2D eigenvalue weighted by molar-refractivity contribution is -0.123. The van der Waals surface area contributed by atoms with Gasteiger partial charge in [-0.15, -0.1) is 0 Å². The largest absolute Gasteiger partial charge is 0.482 e. The van der Waals surface area contributed by atoms with E-state index in [1.165, 1.54) is 11.0 Å². The van der Waals surface area contributed by atoms with Crippen molar-refractivity contribution in [1.29, 1.82) is 0 Å². The van der Waals surface area contributed by atoms with Crippen LogP contribution in [0.5, 0.6) is 5.75 Å². The number of benzene rings is 2. The minimum absolute atomic E-state index is 0.130. The highest BCUT2D eigenvalue weighted by molar-refractivity contribution is 6.42. The van der Waals surface area contributed by atoms with E-state index in [2.05, 4.69) is 5.32 Å². The fourth-order valence-corrected chi connectivity index (χ4v) is 2.73. The van der Waals surface area contributed by atoms with Gasteiger partial charge >= 0.3 is 0 Å². The van der Waals surface area contributed by atoms with Crippen molar-refractivity contribution < 1.29 is 14.3 Å². The van der Waals surface area contributed by atoms with E-state index in [9.17, 15) is 9.59 Å². The van der Waals surface area contributed by atoms with Crippen molar-refractivity contribution in [3.05, 3.63) is 51.5 Å². The number of anilines is 2. The van der Waals surface area contributed by atoms with Crippen LogP contribution in [0.15, 0.2) is 36.4 Å². The third-order valence-corrected chi connectivity index (χ3v) is 4.34. The Morgan fingerprint density at radius 1 is 1.12 bits per heavy atom. The number of nitrogens with one attached hydrogen (secondary N) is 1. The summed E-state index contributed by atoms with van der Waals surface area (Å²) < 4.78 is 5.34. The Balaban J connectivity index is 1.77. The number of fused-ring (bicyclic) bond motifs is 1. The van der Waals surface area contributed by atoms with Crippen LogP contribution in [0.2, 0.25) is 15.1 Å². The second-order valence-corrected chi connectivity index (χ2v) is 6.31. The first-order chi connectivity index (χ1) is 11.4.